The van der Waals surface area contributed by atoms with Crippen LogP contribution >= 0.6 is 0 Å². The zero-order valence-electron chi connectivity index (χ0n) is 12.9. The van der Waals surface area contributed by atoms with E-state index < -0.39 is 10.9 Å². The Balaban J connectivity index is 2.08. The maximum Gasteiger partial charge on any atom is 0.338 e. The summed E-state index contributed by atoms with van der Waals surface area (Å²) in [5.74, 6) is -0.497. The second-order valence-electron chi connectivity index (χ2n) is 5.05. The van der Waals surface area contributed by atoms with Crippen molar-refractivity contribution >= 4 is 11.7 Å². The Morgan fingerprint density at radius 2 is 1.91 bits per heavy atom. The molecule has 1 atom stereocenters. The number of hydrogen-bond donors (Lipinski definition) is 0. The highest BCUT2D eigenvalue weighted by atomic mass is 16.6. The monoisotopic (exact) mass is 315 g/mol. The third-order valence-electron chi connectivity index (χ3n) is 3.29. The van der Waals surface area contributed by atoms with E-state index in [-0.39, 0.29) is 23.1 Å². The molecule has 0 saturated carbocycles. The Kier molecular flexibility index (Phi) is 5.30. The Bertz CT molecular complexity index is 699. The van der Waals surface area contributed by atoms with Gasteiger partial charge in [-0.1, -0.05) is 30.3 Å². The summed E-state index contributed by atoms with van der Waals surface area (Å²) in [6.45, 7) is 1.78. The third-order valence-corrected chi connectivity index (χ3v) is 3.29. The largest absolute Gasteiger partial charge is 0.490 e. The van der Waals surface area contributed by atoms with Crippen molar-refractivity contribution in [1.29, 1.82) is 0 Å². The zero-order valence-corrected chi connectivity index (χ0v) is 12.9. The Labute approximate surface area is 133 Å². The van der Waals surface area contributed by atoms with Gasteiger partial charge >= 0.3 is 11.7 Å². The second-order valence-corrected chi connectivity index (χ2v) is 5.05. The number of nitro groups is 1. The van der Waals surface area contributed by atoms with Gasteiger partial charge < -0.3 is 9.47 Å². The molecule has 0 aromatic heterocycles. The summed E-state index contributed by atoms with van der Waals surface area (Å²) in [5.41, 5.74) is 0.906. The molecule has 0 N–H and O–H groups in total. The first-order chi connectivity index (χ1) is 11.0. The van der Waals surface area contributed by atoms with Gasteiger partial charge in [0.15, 0.2) is 5.75 Å². The van der Waals surface area contributed by atoms with Crippen LogP contribution < -0.4 is 4.74 Å². The van der Waals surface area contributed by atoms with E-state index in [2.05, 4.69) is 0 Å². The fraction of sp³-hybridized carbons (Fsp3) is 0.235. The molecule has 23 heavy (non-hydrogen) atoms. The minimum Gasteiger partial charge on any atom is -0.490 e. The SMILES string of the molecule is COc1ccc(C(=O)OC(C)Cc2ccccc2)cc1[N+](=O)[O-]. The van der Waals surface area contributed by atoms with Crippen LogP contribution in [0.15, 0.2) is 48.5 Å². The van der Waals surface area contributed by atoms with Crippen LogP contribution in [-0.4, -0.2) is 24.1 Å². The van der Waals surface area contributed by atoms with Gasteiger partial charge in [-0.3, -0.25) is 10.1 Å². The number of rotatable bonds is 6. The molecule has 0 bridgehead atoms. The van der Waals surface area contributed by atoms with E-state index in [1.54, 1.807) is 6.92 Å². The zero-order chi connectivity index (χ0) is 16.8. The van der Waals surface area contributed by atoms with Gasteiger partial charge in [-0.2, -0.15) is 0 Å². The summed E-state index contributed by atoms with van der Waals surface area (Å²) in [7, 11) is 1.34. The summed E-state index contributed by atoms with van der Waals surface area (Å²) in [6, 6.07) is 13.6. The maximum absolute atomic E-state index is 12.1. The van der Waals surface area contributed by atoms with E-state index in [1.807, 2.05) is 30.3 Å². The number of methoxy groups -OCH3 is 1. The van der Waals surface area contributed by atoms with Gasteiger partial charge in [0.1, 0.15) is 6.10 Å². The molecule has 0 spiro atoms. The molecule has 1 unspecified atom stereocenters. The van der Waals surface area contributed by atoms with Crippen LogP contribution in [0.5, 0.6) is 5.75 Å². The number of nitro benzene ring substituents is 1. The van der Waals surface area contributed by atoms with Gasteiger partial charge in [0.2, 0.25) is 0 Å². The summed E-state index contributed by atoms with van der Waals surface area (Å²) >= 11 is 0. The molecule has 2 aromatic rings. The normalized spacial score (nSPS) is 11.6. The lowest BCUT2D eigenvalue weighted by atomic mass is 10.1. The molecule has 0 heterocycles. The summed E-state index contributed by atoms with van der Waals surface area (Å²) in [5, 5.41) is 11.0. The average molecular weight is 315 g/mol. The molecule has 6 heteroatoms. The van der Waals surface area contributed by atoms with Crippen LogP contribution in [0.3, 0.4) is 0 Å². The molecule has 0 aliphatic rings. The number of carbonyl (C=O) groups excluding carboxylic acids is 1. The van der Waals surface area contributed by atoms with E-state index in [1.165, 1.54) is 19.2 Å². The van der Waals surface area contributed by atoms with E-state index >= 15 is 0 Å². The average Bonchev–Trinajstić information content (AvgIpc) is 2.54. The predicted molar refractivity (Wildman–Crippen MR) is 84.7 cm³/mol. The minimum absolute atomic E-state index is 0.101. The molecule has 0 fully saturated rings. The first-order valence-electron chi connectivity index (χ1n) is 7.08. The van der Waals surface area contributed by atoms with Gasteiger partial charge in [0.25, 0.3) is 0 Å². The van der Waals surface area contributed by atoms with Crippen molar-refractivity contribution in [1.82, 2.24) is 0 Å². The second kappa shape index (κ2) is 7.40. The molecule has 0 amide bonds. The number of ether oxygens (including phenoxy) is 2. The van der Waals surface area contributed by atoms with Crippen LogP contribution in [0.25, 0.3) is 0 Å². The van der Waals surface area contributed by atoms with Crippen LogP contribution in [0.4, 0.5) is 5.69 Å². The summed E-state index contributed by atoms with van der Waals surface area (Å²) in [6.07, 6.45) is 0.233. The lowest BCUT2D eigenvalue weighted by Gasteiger charge is -2.13. The molecular weight excluding hydrogens is 298 g/mol. The quantitative estimate of drug-likeness (QED) is 0.464. The van der Waals surface area contributed by atoms with Crippen molar-refractivity contribution < 1.29 is 19.2 Å². The van der Waals surface area contributed by atoms with Crippen LogP contribution in [0.1, 0.15) is 22.8 Å². The predicted octanol–water partition coefficient (Wildman–Crippen LogP) is 3.39. The highest BCUT2D eigenvalue weighted by Crippen LogP contribution is 2.28. The fourth-order valence-electron chi connectivity index (χ4n) is 2.20. The lowest BCUT2D eigenvalue weighted by Crippen LogP contribution is -2.17. The van der Waals surface area contributed by atoms with E-state index in [4.69, 9.17) is 9.47 Å². The summed E-state index contributed by atoms with van der Waals surface area (Å²) in [4.78, 5) is 22.5. The topological polar surface area (TPSA) is 78.7 Å². The van der Waals surface area contributed by atoms with E-state index in [9.17, 15) is 14.9 Å². The van der Waals surface area contributed by atoms with Crippen LogP contribution in [-0.2, 0) is 11.2 Å². The van der Waals surface area contributed by atoms with Gasteiger partial charge in [-0.25, -0.2) is 4.79 Å². The van der Waals surface area contributed by atoms with Crippen LogP contribution in [0.2, 0.25) is 0 Å². The maximum atomic E-state index is 12.1. The first kappa shape index (κ1) is 16.5. The molecule has 0 radical (unpaired) electrons. The fourth-order valence-corrected chi connectivity index (χ4v) is 2.20. The Morgan fingerprint density at radius 1 is 1.22 bits per heavy atom. The Morgan fingerprint density at radius 3 is 2.52 bits per heavy atom. The van der Waals surface area contributed by atoms with Gasteiger partial charge in [0, 0.05) is 12.5 Å². The molecule has 0 aliphatic heterocycles. The number of nitrogens with zero attached hydrogens (tertiary/aromatic N) is 1. The first-order valence-corrected chi connectivity index (χ1v) is 7.08. The van der Waals surface area contributed by atoms with Gasteiger partial charge in [-0.05, 0) is 24.6 Å². The van der Waals surface area contributed by atoms with Crippen molar-refractivity contribution in [3.05, 3.63) is 69.8 Å². The Hall–Kier alpha value is -2.89. The number of hydrogen-bond acceptors (Lipinski definition) is 5. The van der Waals surface area contributed by atoms with Gasteiger partial charge in [-0.15, -0.1) is 0 Å². The molecule has 6 nitrogen and oxygen atoms in total. The standard InChI is InChI=1S/C17H17NO5/c1-12(10-13-6-4-3-5-7-13)23-17(19)14-8-9-16(22-2)15(11-14)18(20)21/h3-9,11-12H,10H2,1-2H3. The van der Waals surface area contributed by atoms with Crippen molar-refractivity contribution in [3.8, 4) is 5.75 Å². The number of carbonyl (C=O) groups is 1. The van der Waals surface area contributed by atoms with E-state index in [0.29, 0.717) is 6.42 Å². The lowest BCUT2D eigenvalue weighted by molar-refractivity contribution is -0.385. The molecule has 120 valence electrons. The highest BCUT2D eigenvalue weighted by molar-refractivity contribution is 5.90. The minimum atomic E-state index is -0.598. The van der Waals surface area contributed by atoms with Crippen LogP contribution in [0, 0.1) is 10.1 Å². The third kappa shape index (κ3) is 4.29. The van der Waals surface area contributed by atoms with Gasteiger partial charge in [0.05, 0.1) is 17.6 Å². The smallest absolute Gasteiger partial charge is 0.338 e. The molecular formula is C17H17NO5. The molecule has 2 aromatic carbocycles. The highest BCUT2D eigenvalue weighted by Gasteiger charge is 2.20. The van der Waals surface area contributed by atoms with Crippen molar-refractivity contribution in [2.75, 3.05) is 7.11 Å². The number of esters is 1. The number of benzene rings is 2. The van der Waals surface area contributed by atoms with E-state index in [0.717, 1.165) is 11.6 Å². The summed E-state index contributed by atoms with van der Waals surface area (Å²) < 4.78 is 10.3. The molecule has 0 aliphatic carbocycles. The molecule has 0 saturated heterocycles. The van der Waals surface area contributed by atoms with Crippen molar-refractivity contribution in [3.63, 3.8) is 0 Å². The molecule has 2 rings (SSSR count). The van der Waals surface area contributed by atoms with Crippen molar-refractivity contribution in [2.45, 2.75) is 19.4 Å². The van der Waals surface area contributed by atoms with Crippen molar-refractivity contribution in [2.24, 2.45) is 0 Å².